The SMILES string of the molecule is Cc1cc2cccnc2c(O)c1C(Nc1ccccn1)c1ccccc1. The number of hydrogen-bond acceptors (Lipinski definition) is 4. The fourth-order valence-electron chi connectivity index (χ4n) is 3.29. The summed E-state index contributed by atoms with van der Waals surface area (Å²) in [6.45, 7) is 2.01. The first-order valence-corrected chi connectivity index (χ1v) is 8.54. The molecule has 128 valence electrons. The van der Waals surface area contributed by atoms with Crippen LogP contribution in [0, 0.1) is 6.92 Å². The van der Waals surface area contributed by atoms with Crippen LogP contribution in [0.5, 0.6) is 5.75 Å². The quantitative estimate of drug-likeness (QED) is 0.557. The van der Waals surface area contributed by atoms with Gasteiger partial charge >= 0.3 is 0 Å². The molecular weight excluding hydrogens is 322 g/mol. The van der Waals surface area contributed by atoms with E-state index in [0.717, 1.165) is 27.9 Å². The van der Waals surface area contributed by atoms with Gasteiger partial charge in [-0.3, -0.25) is 4.98 Å². The number of aromatic hydroxyl groups is 1. The van der Waals surface area contributed by atoms with Gasteiger partial charge in [0.2, 0.25) is 0 Å². The van der Waals surface area contributed by atoms with Crippen molar-refractivity contribution in [2.75, 3.05) is 5.32 Å². The molecule has 0 aliphatic carbocycles. The third-order valence-electron chi connectivity index (χ3n) is 4.49. The van der Waals surface area contributed by atoms with Gasteiger partial charge in [0.05, 0.1) is 6.04 Å². The minimum absolute atomic E-state index is 0.206. The molecule has 4 rings (SSSR count). The summed E-state index contributed by atoms with van der Waals surface area (Å²) >= 11 is 0. The maximum atomic E-state index is 11.0. The van der Waals surface area contributed by atoms with Crippen molar-refractivity contribution in [3.63, 3.8) is 0 Å². The van der Waals surface area contributed by atoms with Crippen molar-refractivity contribution in [1.29, 1.82) is 0 Å². The van der Waals surface area contributed by atoms with E-state index in [1.807, 2.05) is 67.6 Å². The van der Waals surface area contributed by atoms with Crippen LogP contribution in [0.25, 0.3) is 10.9 Å². The van der Waals surface area contributed by atoms with Crippen LogP contribution in [0.2, 0.25) is 0 Å². The number of aryl methyl sites for hydroxylation is 1. The highest BCUT2D eigenvalue weighted by Crippen LogP contribution is 2.38. The summed E-state index contributed by atoms with van der Waals surface area (Å²) in [4.78, 5) is 8.76. The fourth-order valence-corrected chi connectivity index (χ4v) is 3.29. The lowest BCUT2D eigenvalue weighted by molar-refractivity contribution is 0.471. The third-order valence-corrected chi connectivity index (χ3v) is 4.49. The van der Waals surface area contributed by atoms with Gasteiger partial charge in [-0.15, -0.1) is 0 Å². The van der Waals surface area contributed by atoms with Gasteiger partial charge in [-0.2, -0.15) is 0 Å². The first kappa shape index (κ1) is 16.1. The maximum absolute atomic E-state index is 11.0. The standard InChI is InChI=1S/C22H19N3O/c1-15-14-17-10-7-13-24-21(17)22(26)19(15)20(16-8-3-2-4-9-16)25-18-11-5-6-12-23-18/h2-14,20,26H,1H3,(H,23,25). The highest BCUT2D eigenvalue weighted by Gasteiger charge is 2.22. The summed E-state index contributed by atoms with van der Waals surface area (Å²) in [5.74, 6) is 0.958. The van der Waals surface area contributed by atoms with Crippen LogP contribution < -0.4 is 5.32 Å². The zero-order valence-corrected chi connectivity index (χ0v) is 14.4. The molecule has 4 aromatic rings. The van der Waals surface area contributed by atoms with E-state index in [-0.39, 0.29) is 11.8 Å². The van der Waals surface area contributed by atoms with Gasteiger partial charge < -0.3 is 10.4 Å². The lowest BCUT2D eigenvalue weighted by Crippen LogP contribution is -2.15. The van der Waals surface area contributed by atoms with Crippen molar-refractivity contribution in [2.24, 2.45) is 0 Å². The highest BCUT2D eigenvalue weighted by molar-refractivity contribution is 5.87. The molecule has 0 saturated heterocycles. The van der Waals surface area contributed by atoms with Crippen LogP contribution >= 0.6 is 0 Å². The van der Waals surface area contributed by atoms with E-state index in [4.69, 9.17) is 0 Å². The van der Waals surface area contributed by atoms with E-state index in [9.17, 15) is 5.11 Å². The molecule has 0 bridgehead atoms. The Morgan fingerprint density at radius 3 is 2.42 bits per heavy atom. The van der Waals surface area contributed by atoms with E-state index in [1.54, 1.807) is 12.4 Å². The topological polar surface area (TPSA) is 58.0 Å². The lowest BCUT2D eigenvalue weighted by atomic mass is 9.92. The van der Waals surface area contributed by atoms with Gasteiger partial charge in [-0.05, 0) is 42.3 Å². The predicted molar refractivity (Wildman–Crippen MR) is 104 cm³/mol. The molecular formula is C22H19N3O. The van der Waals surface area contributed by atoms with E-state index >= 15 is 0 Å². The van der Waals surface area contributed by atoms with E-state index in [0.29, 0.717) is 5.52 Å². The molecule has 26 heavy (non-hydrogen) atoms. The molecule has 2 aromatic heterocycles. The average molecular weight is 341 g/mol. The second-order valence-electron chi connectivity index (χ2n) is 6.23. The number of phenolic OH excluding ortho intramolecular Hbond substituents is 1. The third kappa shape index (κ3) is 2.97. The average Bonchev–Trinajstić information content (AvgIpc) is 2.69. The number of anilines is 1. The second-order valence-corrected chi connectivity index (χ2v) is 6.23. The zero-order valence-electron chi connectivity index (χ0n) is 14.4. The van der Waals surface area contributed by atoms with E-state index in [2.05, 4.69) is 21.4 Å². The van der Waals surface area contributed by atoms with Crippen LogP contribution in [0.15, 0.2) is 79.1 Å². The Morgan fingerprint density at radius 1 is 0.885 bits per heavy atom. The minimum Gasteiger partial charge on any atom is -0.505 e. The van der Waals surface area contributed by atoms with Crippen LogP contribution in [0.1, 0.15) is 22.7 Å². The first-order valence-electron chi connectivity index (χ1n) is 8.54. The predicted octanol–water partition coefficient (Wildman–Crippen LogP) is 4.85. The van der Waals surface area contributed by atoms with E-state index < -0.39 is 0 Å². The lowest BCUT2D eigenvalue weighted by Gasteiger charge is -2.24. The van der Waals surface area contributed by atoms with Crippen molar-refractivity contribution >= 4 is 16.7 Å². The molecule has 0 fully saturated rings. The molecule has 4 heteroatoms. The number of hydrogen-bond donors (Lipinski definition) is 2. The molecule has 2 heterocycles. The maximum Gasteiger partial charge on any atom is 0.147 e. The summed E-state index contributed by atoms with van der Waals surface area (Å²) in [6, 6.07) is 21.5. The van der Waals surface area contributed by atoms with Gasteiger partial charge in [0.15, 0.2) is 0 Å². The van der Waals surface area contributed by atoms with Gasteiger partial charge in [0.1, 0.15) is 17.1 Å². The van der Waals surface area contributed by atoms with E-state index in [1.165, 1.54) is 0 Å². The molecule has 0 radical (unpaired) electrons. The molecule has 1 unspecified atom stereocenters. The van der Waals surface area contributed by atoms with Crippen molar-refractivity contribution in [2.45, 2.75) is 13.0 Å². The molecule has 0 spiro atoms. The number of nitrogens with zero attached hydrogens (tertiary/aromatic N) is 2. The molecule has 0 amide bonds. The molecule has 2 aromatic carbocycles. The summed E-state index contributed by atoms with van der Waals surface area (Å²) in [5.41, 5.74) is 3.47. The van der Waals surface area contributed by atoms with Crippen molar-refractivity contribution in [1.82, 2.24) is 9.97 Å². The molecule has 1 atom stereocenters. The van der Waals surface area contributed by atoms with Crippen LogP contribution in [0.4, 0.5) is 5.82 Å². The number of phenols is 1. The van der Waals surface area contributed by atoms with Crippen LogP contribution in [-0.2, 0) is 0 Å². The fraction of sp³-hybridized carbons (Fsp3) is 0.0909. The van der Waals surface area contributed by atoms with Gasteiger partial charge in [0.25, 0.3) is 0 Å². The number of aromatic nitrogens is 2. The number of fused-ring (bicyclic) bond motifs is 1. The Bertz CT molecular complexity index is 1030. The smallest absolute Gasteiger partial charge is 0.147 e. The van der Waals surface area contributed by atoms with Gasteiger partial charge in [0, 0.05) is 23.3 Å². The van der Waals surface area contributed by atoms with Gasteiger partial charge in [-0.25, -0.2) is 4.98 Å². The number of nitrogens with one attached hydrogen (secondary N) is 1. The highest BCUT2D eigenvalue weighted by atomic mass is 16.3. The zero-order chi connectivity index (χ0) is 17.9. The molecule has 4 nitrogen and oxygen atoms in total. The van der Waals surface area contributed by atoms with Crippen LogP contribution in [0.3, 0.4) is 0 Å². The summed E-state index contributed by atoms with van der Waals surface area (Å²) in [5, 5.41) is 15.4. The Labute approximate surface area is 152 Å². The Balaban J connectivity index is 1.90. The molecule has 0 aliphatic rings. The Morgan fingerprint density at radius 2 is 1.65 bits per heavy atom. The van der Waals surface area contributed by atoms with Crippen molar-refractivity contribution in [3.8, 4) is 5.75 Å². The largest absolute Gasteiger partial charge is 0.505 e. The number of rotatable bonds is 4. The molecule has 2 N–H and O–H groups in total. The molecule has 0 saturated carbocycles. The minimum atomic E-state index is -0.238. The van der Waals surface area contributed by atoms with Crippen molar-refractivity contribution in [3.05, 3.63) is 95.8 Å². The summed E-state index contributed by atoms with van der Waals surface area (Å²) in [6.07, 6.45) is 3.45. The summed E-state index contributed by atoms with van der Waals surface area (Å²) < 4.78 is 0. The second kappa shape index (κ2) is 6.84. The number of benzene rings is 2. The normalized spacial score (nSPS) is 12.0. The Hall–Kier alpha value is -3.40. The van der Waals surface area contributed by atoms with Crippen molar-refractivity contribution < 1.29 is 5.11 Å². The van der Waals surface area contributed by atoms with Crippen LogP contribution in [-0.4, -0.2) is 15.1 Å². The number of pyridine rings is 2. The first-order chi connectivity index (χ1) is 12.7. The summed E-state index contributed by atoms with van der Waals surface area (Å²) in [7, 11) is 0. The molecule has 0 aliphatic heterocycles. The monoisotopic (exact) mass is 341 g/mol. The van der Waals surface area contributed by atoms with Gasteiger partial charge in [-0.1, -0.05) is 42.5 Å². The Kier molecular flexibility index (Phi) is 4.23.